The van der Waals surface area contributed by atoms with Crippen molar-refractivity contribution in [2.75, 3.05) is 19.0 Å². The van der Waals surface area contributed by atoms with Gasteiger partial charge >= 0.3 is 0 Å². The highest BCUT2D eigenvalue weighted by Gasteiger charge is 2.19. The van der Waals surface area contributed by atoms with Crippen LogP contribution in [0.25, 0.3) is 6.08 Å². The third-order valence-corrected chi connectivity index (χ3v) is 2.67. The lowest BCUT2D eigenvalue weighted by Gasteiger charge is -2.15. The minimum Gasteiger partial charge on any atom is -0.362 e. The minimum absolute atomic E-state index is 0.835. The van der Waals surface area contributed by atoms with Gasteiger partial charge in [0.1, 0.15) is 5.82 Å². The number of aryl methyl sites for hydroxylation is 1. The summed E-state index contributed by atoms with van der Waals surface area (Å²) in [5, 5.41) is 0. The van der Waals surface area contributed by atoms with Gasteiger partial charge in [-0.3, -0.25) is 0 Å². The highest BCUT2D eigenvalue weighted by atomic mass is 15.2. The first kappa shape index (κ1) is 10.1. The topological polar surface area (TPSA) is 29.0 Å². The predicted molar refractivity (Wildman–Crippen MR) is 63.1 cm³/mol. The summed E-state index contributed by atoms with van der Waals surface area (Å²) in [6, 6.07) is 0. The molecule has 0 fully saturated rings. The van der Waals surface area contributed by atoms with Crippen LogP contribution in [0.5, 0.6) is 0 Å². The van der Waals surface area contributed by atoms with Crippen LogP contribution in [0.2, 0.25) is 0 Å². The normalized spacial score (nSPS) is 14.6. The zero-order valence-electron chi connectivity index (χ0n) is 9.62. The van der Waals surface area contributed by atoms with E-state index in [9.17, 15) is 0 Å². The Balaban J connectivity index is 2.52. The van der Waals surface area contributed by atoms with Gasteiger partial charge in [0.25, 0.3) is 0 Å². The van der Waals surface area contributed by atoms with Gasteiger partial charge in [0.05, 0.1) is 0 Å². The number of hydrogen-bond acceptors (Lipinski definition) is 3. The summed E-state index contributed by atoms with van der Waals surface area (Å²) in [7, 11) is 4.08. The Bertz CT molecular complexity index is 394. The molecule has 0 spiro atoms. The fourth-order valence-corrected chi connectivity index (χ4v) is 2.02. The quantitative estimate of drug-likeness (QED) is 0.736. The standard InChI is InChI=1S/C12H17N3/c1-4-6-11-13-10-8-5-7-9(10)12(14-11)15(2)3/h4,6H,5,7-8H2,1-3H3/b6-4+. The molecule has 15 heavy (non-hydrogen) atoms. The van der Waals surface area contributed by atoms with Gasteiger partial charge in [-0.2, -0.15) is 0 Å². The summed E-state index contributed by atoms with van der Waals surface area (Å²) in [5.74, 6) is 1.92. The highest BCUT2D eigenvalue weighted by Crippen LogP contribution is 2.27. The molecule has 0 saturated carbocycles. The largest absolute Gasteiger partial charge is 0.362 e. The molecular formula is C12H17N3. The second kappa shape index (κ2) is 4.01. The van der Waals surface area contributed by atoms with Gasteiger partial charge in [0.2, 0.25) is 0 Å². The van der Waals surface area contributed by atoms with Crippen LogP contribution >= 0.6 is 0 Å². The zero-order chi connectivity index (χ0) is 10.8. The van der Waals surface area contributed by atoms with E-state index in [1.807, 2.05) is 33.2 Å². The van der Waals surface area contributed by atoms with Gasteiger partial charge in [0.15, 0.2) is 5.82 Å². The number of rotatable bonds is 2. The van der Waals surface area contributed by atoms with Crippen molar-refractivity contribution in [1.29, 1.82) is 0 Å². The Morgan fingerprint density at radius 2 is 2.00 bits per heavy atom. The first-order valence-electron chi connectivity index (χ1n) is 5.42. The smallest absolute Gasteiger partial charge is 0.154 e. The highest BCUT2D eigenvalue weighted by molar-refractivity contribution is 5.54. The SMILES string of the molecule is C/C=C/c1nc2c(c(N(C)C)n1)CCC2. The molecule has 0 amide bonds. The van der Waals surface area contributed by atoms with Gasteiger partial charge in [0, 0.05) is 25.4 Å². The average Bonchev–Trinajstić information content (AvgIpc) is 2.64. The van der Waals surface area contributed by atoms with Crippen molar-refractivity contribution in [1.82, 2.24) is 9.97 Å². The number of nitrogens with zero attached hydrogens (tertiary/aromatic N) is 3. The average molecular weight is 203 g/mol. The molecule has 2 rings (SSSR count). The van der Waals surface area contributed by atoms with Crippen molar-refractivity contribution in [3.8, 4) is 0 Å². The molecule has 0 bridgehead atoms. The summed E-state index contributed by atoms with van der Waals surface area (Å²) in [4.78, 5) is 11.2. The van der Waals surface area contributed by atoms with Crippen molar-refractivity contribution in [3.05, 3.63) is 23.2 Å². The predicted octanol–water partition coefficient (Wildman–Crippen LogP) is 2.06. The van der Waals surface area contributed by atoms with E-state index < -0.39 is 0 Å². The summed E-state index contributed by atoms with van der Waals surface area (Å²) < 4.78 is 0. The molecule has 0 aromatic carbocycles. The maximum absolute atomic E-state index is 4.56. The van der Waals surface area contributed by atoms with E-state index in [1.165, 1.54) is 17.7 Å². The van der Waals surface area contributed by atoms with Gasteiger partial charge in [-0.05, 0) is 32.3 Å². The monoisotopic (exact) mass is 203 g/mol. The first-order valence-corrected chi connectivity index (χ1v) is 5.42. The summed E-state index contributed by atoms with van der Waals surface area (Å²) in [6.07, 6.45) is 7.38. The van der Waals surface area contributed by atoms with Crippen molar-refractivity contribution >= 4 is 11.9 Å². The molecule has 3 heteroatoms. The molecule has 1 aliphatic rings. The van der Waals surface area contributed by atoms with Crippen molar-refractivity contribution in [2.45, 2.75) is 26.2 Å². The third kappa shape index (κ3) is 1.87. The van der Waals surface area contributed by atoms with Gasteiger partial charge in [-0.1, -0.05) is 6.08 Å². The van der Waals surface area contributed by atoms with Crippen LogP contribution in [0, 0.1) is 0 Å². The molecule has 1 aromatic rings. The van der Waals surface area contributed by atoms with E-state index in [0.29, 0.717) is 0 Å². The fourth-order valence-electron chi connectivity index (χ4n) is 2.02. The fraction of sp³-hybridized carbons (Fsp3) is 0.500. The summed E-state index contributed by atoms with van der Waals surface area (Å²) in [5.41, 5.74) is 2.58. The maximum atomic E-state index is 4.56. The van der Waals surface area contributed by atoms with Gasteiger partial charge in [-0.25, -0.2) is 9.97 Å². The van der Waals surface area contributed by atoms with Crippen LogP contribution in [-0.4, -0.2) is 24.1 Å². The first-order chi connectivity index (χ1) is 7.22. The zero-order valence-corrected chi connectivity index (χ0v) is 9.62. The number of fused-ring (bicyclic) bond motifs is 1. The van der Waals surface area contributed by atoms with Crippen LogP contribution in [0.15, 0.2) is 6.08 Å². The lowest BCUT2D eigenvalue weighted by molar-refractivity contribution is 0.898. The minimum atomic E-state index is 0.835. The van der Waals surface area contributed by atoms with Gasteiger partial charge < -0.3 is 4.90 Å². The lowest BCUT2D eigenvalue weighted by atomic mass is 10.2. The molecule has 0 radical (unpaired) electrons. The van der Waals surface area contributed by atoms with Crippen LogP contribution in [0.3, 0.4) is 0 Å². The molecule has 1 aromatic heterocycles. The Hall–Kier alpha value is -1.38. The van der Waals surface area contributed by atoms with Crippen molar-refractivity contribution in [2.24, 2.45) is 0 Å². The van der Waals surface area contributed by atoms with Crippen LogP contribution in [0.1, 0.15) is 30.4 Å². The Morgan fingerprint density at radius 1 is 1.20 bits per heavy atom. The molecule has 0 aliphatic heterocycles. The Kier molecular flexibility index (Phi) is 2.71. The lowest BCUT2D eigenvalue weighted by Crippen LogP contribution is -2.15. The molecule has 80 valence electrons. The number of allylic oxidation sites excluding steroid dienone is 1. The maximum Gasteiger partial charge on any atom is 0.154 e. The third-order valence-electron chi connectivity index (χ3n) is 2.67. The molecule has 0 atom stereocenters. The molecule has 0 unspecified atom stereocenters. The number of hydrogen-bond donors (Lipinski definition) is 0. The molecule has 1 aliphatic carbocycles. The van der Waals surface area contributed by atoms with Crippen molar-refractivity contribution < 1.29 is 0 Å². The van der Waals surface area contributed by atoms with Crippen molar-refractivity contribution in [3.63, 3.8) is 0 Å². The van der Waals surface area contributed by atoms with Gasteiger partial charge in [-0.15, -0.1) is 0 Å². The molecule has 3 nitrogen and oxygen atoms in total. The summed E-state index contributed by atoms with van der Waals surface area (Å²) in [6.45, 7) is 1.99. The van der Waals surface area contributed by atoms with E-state index in [1.54, 1.807) is 0 Å². The summed E-state index contributed by atoms with van der Waals surface area (Å²) >= 11 is 0. The second-order valence-electron chi connectivity index (χ2n) is 4.08. The molecule has 0 N–H and O–H groups in total. The van der Waals surface area contributed by atoms with E-state index in [0.717, 1.165) is 24.5 Å². The molecule has 0 saturated heterocycles. The van der Waals surface area contributed by atoms with E-state index in [2.05, 4.69) is 14.9 Å². The Morgan fingerprint density at radius 3 is 2.67 bits per heavy atom. The van der Waals surface area contributed by atoms with E-state index in [4.69, 9.17) is 0 Å². The van der Waals surface area contributed by atoms with E-state index >= 15 is 0 Å². The Labute approximate surface area is 90.9 Å². The van der Waals surface area contributed by atoms with Crippen LogP contribution in [-0.2, 0) is 12.8 Å². The molecule has 1 heterocycles. The van der Waals surface area contributed by atoms with Crippen LogP contribution < -0.4 is 4.90 Å². The van der Waals surface area contributed by atoms with Crippen LogP contribution in [0.4, 0.5) is 5.82 Å². The molecular weight excluding hydrogens is 186 g/mol. The number of anilines is 1. The number of aromatic nitrogens is 2. The van der Waals surface area contributed by atoms with E-state index in [-0.39, 0.29) is 0 Å². The second-order valence-corrected chi connectivity index (χ2v) is 4.08.